The topological polar surface area (TPSA) is 38.0 Å². The van der Waals surface area contributed by atoms with Gasteiger partial charge in [0.25, 0.3) is 0 Å². The van der Waals surface area contributed by atoms with Gasteiger partial charge in [0.05, 0.1) is 0 Å². The number of rotatable bonds is 4. The molecule has 1 aromatic rings. The van der Waals surface area contributed by atoms with Crippen LogP contribution in [0.25, 0.3) is 0 Å². The average molecular weight is 206 g/mol. The largest absolute Gasteiger partial charge is 0.398 e. The van der Waals surface area contributed by atoms with E-state index in [4.69, 9.17) is 5.73 Å². The summed E-state index contributed by atoms with van der Waals surface area (Å²) in [5.74, 6) is 0.635. The van der Waals surface area contributed by atoms with Crippen LogP contribution >= 0.6 is 0 Å². The summed E-state index contributed by atoms with van der Waals surface area (Å²) >= 11 is 0. The van der Waals surface area contributed by atoms with Gasteiger partial charge >= 0.3 is 0 Å². The second-order valence-corrected chi connectivity index (χ2v) is 4.42. The zero-order valence-corrected chi connectivity index (χ0v) is 10.2. The van der Waals surface area contributed by atoms with Gasteiger partial charge in [0.15, 0.2) is 0 Å². The van der Waals surface area contributed by atoms with E-state index in [-0.39, 0.29) is 0 Å². The van der Waals surface area contributed by atoms with Gasteiger partial charge < -0.3 is 11.1 Å². The Kier molecular flexibility index (Phi) is 4.01. The third-order valence-electron chi connectivity index (χ3n) is 2.96. The summed E-state index contributed by atoms with van der Waals surface area (Å²) in [7, 11) is 0. The number of hydrogen-bond donors (Lipinski definition) is 2. The van der Waals surface area contributed by atoms with E-state index in [1.807, 2.05) is 12.1 Å². The molecule has 0 heterocycles. The molecular formula is C13H22N2. The summed E-state index contributed by atoms with van der Waals surface area (Å²) in [5.41, 5.74) is 9.05. The minimum absolute atomic E-state index is 0.519. The van der Waals surface area contributed by atoms with E-state index in [1.165, 1.54) is 0 Å². The Bertz CT molecular complexity index is 318. The Morgan fingerprint density at radius 2 is 2.00 bits per heavy atom. The van der Waals surface area contributed by atoms with E-state index >= 15 is 0 Å². The number of benzene rings is 1. The third-order valence-corrected chi connectivity index (χ3v) is 2.96. The summed E-state index contributed by atoms with van der Waals surface area (Å²) in [5, 5.41) is 3.56. The minimum Gasteiger partial charge on any atom is -0.398 e. The molecule has 0 saturated carbocycles. The minimum atomic E-state index is 0.519. The Morgan fingerprint density at radius 1 is 1.33 bits per heavy atom. The van der Waals surface area contributed by atoms with Crippen molar-refractivity contribution in [1.29, 1.82) is 0 Å². The first-order chi connectivity index (χ1) is 7.06. The summed E-state index contributed by atoms with van der Waals surface area (Å²) in [4.78, 5) is 0. The van der Waals surface area contributed by atoms with E-state index in [0.717, 1.165) is 23.4 Å². The molecular weight excluding hydrogens is 184 g/mol. The van der Waals surface area contributed by atoms with Gasteiger partial charge in [-0.1, -0.05) is 26.8 Å². The first-order valence-corrected chi connectivity index (χ1v) is 5.67. The van der Waals surface area contributed by atoms with Crippen molar-refractivity contribution in [3.05, 3.63) is 23.8 Å². The highest BCUT2D eigenvalue weighted by atomic mass is 14.9. The van der Waals surface area contributed by atoms with Gasteiger partial charge in [-0.05, 0) is 37.0 Å². The second-order valence-electron chi connectivity index (χ2n) is 4.42. The van der Waals surface area contributed by atoms with Crippen LogP contribution in [-0.4, -0.2) is 6.04 Å². The molecule has 1 unspecified atom stereocenters. The van der Waals surface area contributed by atoms with E-state index < -0.39 is 0 Å². The Balaban J connectivity index is 2.84. The lowest BCUT2D eigenvalue weighted by atomic mass is 10.0. The fraction of sp³-hybridized carbons (Fsp3) is 0.538. The van der Waals surface area contributed by atoms with Crippen molar-refractivity contribution in [1.82, 2.24) is 0 Å². The highest BCUT2D eigenvalue weighted by Gasteiger charge is 2.11. The van der Waals surface area contributed by atoms with Gasteiger partial charge in [-0.3, -0.25) is 0 Å². The van der Waals surface area contributed by atoms with E-state index in [0.29, 0.717) is 12.0 Å². The smallest absolute Gasteiger partial charge is 0.0392 e. The van der Waals surface area contributed by atoms with E-state index in [2.05, 4.69) is 39.1 Å². The molecule has 1 rings (SSSR count). The van der Waals surface area contributed by atoms with Crippen LogP contribution < -0.4 is 11.1 Å². The van der Waals surface area contributed by atoms with Crippen LogP contribution in [-0.2, 0) is 0 Å². The highest BCUT2D eigenvalue weighted by Crippen LogP contribution is 2.23. The number of nitrogens with one attached hydrogen (secondary N) is 1. The van der Waals surface area contributed by atoms with Crippen molar-refractivity contribution in [2.75, 3.05) is 11.1 Å². The van der Waals surface area contributed by atoms with Crippen LogP contribution in [0.15, 0.2) is 18.2 Å². The molecule has 0 fully saturated rings. The lowest BCUT2D eigenvalue weighted by molar-refractivity contribution is 0.511. The molecule has 0 aliphatic heterocycles. The Hall–Kier alpha value is -1.18. The van der Waals surface area contributed by atoms with Gasteiger partial charge in [0.2, 0.25) is 0 Å². The first-order valence-electron chi connectivity index (χ1n) is 5.67. The number of hydrogen-bond acceptors (Lipinski definition) is 2. The van der Waals surface area contributed by atoms with Gasteiger partial charge in [0.1, 0.15) is 0 Å². The molecule has 15 heavy (non-hydrogen) atoms. The molecule has 1 atom stereocenters. The number of anilines is 2. The number of nitrogen functional groups attached to an aromatic ring is 1. The van der Waals surface area contributed by atoms with E-state index in [9.17, 15) is 0 Å². The van der Waals surface area contributed by atoms with Crippen LogP contribution in [0.5, 0.6) is 0 Å². The maximum atomic E-state index is 5.87. The normalized spacial score (nSPS) is 12.9. The third kappa shape index (κ3) is 2.88. The summed E-state index contributed by atoms with van der Waals surface area (Å²) < 4.78 is 0. The van der Waals surface area contributed by atoms with Crippen molar-refractivity contribution < 1.29 is 0 Å². The van der Waals surface area contributed by atoms with Gasteiger partial charge in [0, 0.05) is 17.4 Å². The molecule has 0 saturated heterocycles. The van der Waals surface area contributed by atoms with Crippen molar-refractivity contribution in [3.63, 3.8) is 0 Å². The molecule has 2 heteroatoms. The predicted molar refractivity (Wildman–Crippen MR) is 68.1 cm³/mol. The van der Waals surface area contributed by atoms with Crippen LogP contribution in [0, 0.1) is 12.8 Å². The van der Waals surface area contributed by atoms with Crippen LogP contribution in [0.1, 0.15) is 32.8 Å². The SMILES string of the molecule is CCC(Nc1cccc(N)c1C)C(C)C. The Morgan fingerprint density at radius 3 is 2.53 bits per heavy atom. The molecule has 0 aliphatic carbocycles. The van der Waals surface area contributed by atoms with Crippen molar-refractivity contribution in [2.45, 2.75) is 40.2 Å². The van der Waals surface area contributed by atoms with Gasteiger partial charge in [-0.25, -0.2) is 0 Å². The first kappa shape index (κ1) is 11.9. The highest BCUT2D eigenvalue weighted by molar-refractivity contribution is 5.63. The molecule has 2 nitrogen and oxygen atoms in total. The second kappa shape index (κ2) is 5.06. The summed E-state index contributed by atoms with van der Waals surface area (Å²) in [6, 6.07) is 6.55. The summed E-state index contributed by atoms with van der Waals surface area (Å²) in [6.07, 6.45) is 1.13. The molecule has 1 aromatic carbocycles. The maximum absolute atomic E-state index is 5.87. The molecule has 0 aliphatic rings. The molecule has 0 radical (unpaired) electrons. The predicted octanol–water partition coefficient (Wildman–Crippen LogP) is 3.42. The lowest BCUT2D eigenvalue weighted by Gasteiger charge is -2.23. The Labute approximate surface area is 92.9 Å². The maximum Gasteiger partial charge on any atom is 0.0392 e. The fourth-order valence-corrected chi connectivity index (χ4v) is 1.75. The fourth-order valence-electron chi connectivity index (χ4n) is 1.75. The zero-order chi connectivity index (χ0) is 11.4. The molecule has 0 aromatic heterocycles. The molecule has 0 bridgehead atoms. The van der Waals surface area contributed by atoms with Crippen molar-refractivity contribution in [2.24, 2.45) is 5.92 Å². The quantitative estimate of drug-likeness (QED) is 0.741. The van der Waals surface area contributed by atoms with Crippen LogP contribution in [0.3, 0.4) is 0 Å². The average Bonchev–Trinajstić information content (AvgIpc) is 2.19. The summed E-state index contributed by atoms with van der Waals surface area (Å²) in [6.45, 7) is 8.75. The van der Waals surface area contributed by atoms with Gasteiger partial charge in [-0.15, -0.1) is 0 Å². The number of nitrogens with two attached hydrogens (primary N) is 1. The molecule has 84 valence electrons. The van der Waals surface area contributed by atoms with Crippen molar-refractivity contribution >= 4 is 11.4 Å². The monoisotopic (exact) mass is 206 g/mol. The molecule has 3 N–H and O–H groups in total. The molecule has 0 spiro atoms. The molecule has 0 amide bonds. The van der Waals surface area contributed by atoms with E-state index in [1.54, 1.807) is 0 Å². The lowest BCUT2D eigenvalue weighted by Crippen LogP contribution is -2.25. The van der Waals surface area contributed by atoms with Crippen molar-refractivity contribution in [3.8, 4) is 0 Å². The standard InChI is InChI=1S/C13H22N2/c1-5-12(9(2)3)15-13-8-6-7-11(14)10(13)4/h6-9,12,15H,5,14H2,1-4H3. The zero-order valence-electron chi connectivity index (χ0n) is 10.2. The van der Waals surface area contributed by atoms with Gasteiger partial charge in [-0.2, -0.15) is 0 Å². The van der Waals surface area contributed by atoms with Crippen LogP contribution in [0.2, 0.25) is 0 Å². The van der Waals surface area contributed by atoms with Crippen LogP contribution in [0.4, 0.5) is 11.4 Å².